The molecule has 162 valence electrons. The summed E-state index contributed by atoms with van der Waals surface area (Å²) in [5, 5.41) is 9.62. The fourth-order valence-electron chi connectivity index (χ4n) is 3.47. The van der Waals surface area contributed by atoms with Crippen LogP contribution in [-0.2, 0) is 9.59 Å². The van der Waals surface area contributed by atoms with Gasteiger partial charge in [0.1, 0.15) is 5.69 Å². The highest BCUT2D eigenvalue weighted by atomic mass is 16.5. The molecule has 0 radical (unpaired) electrons. The van der Waals surface area contributed by atoms with Gasteiger partial charge in [-0.1, -0.05) is 52.7 Å². The zero-order valence-corrected chi connectivity index (χ0v) is 18.6. The van der Waals surface area contributed by atoms with Gasteiger partial charge in [0.2, 0.25) is 17.7 Å². The first-order valence-electron chi connectivity index (χ1n) is 10.1. The van der Waals surface area contributed by atoms with E-state index in [1.165, 1.54) is 0 Å². The lowest BCUT2D eigenvalue weighted by molar-refractivity contribution is -0.119. The molecule has 31 heavy (non-hydrogen) atoms. The lowest BCUT2D eigenvalue weighted by Crippen LogP contribution is -2.36. The third-order valence-electron chi connectivity index (χ3n) is 4.89. The van der Waals surface area contributed by atoms with E-state index in [0.29, 0.717) is 5.69 Å². The predicted molar refractivity (Wildman–Crippen MR) is 122 cm³/mol. The molecule has 3 aromatic rings. The predicted octanol–water partition coefficient (Wildman–Crippen LogP) is 4.08. The Bertz CT molecular complexity index is 1060. The average Bonchev–Trinajstić information content (AvgIpc) is 3.13. The van der Waals surface area contributed by atoms with Gasteiger partial charge < -0.3 is 9.84 Å². The van der Waals surface area contributed by atoms with E-state index in [1.807, 2.05) is 64.1 Å². The minimum absolute atomic E-state index is 0.0415. The summed E-state index contributed by atoms with van der Waals surface area (Å²) < 4.78 is 5.22. The first kappa shape index (κ1) is 22.2. The van der Waals surface area contributed by atoms with Crippen molar-refractivity contribution in [2.45, 2.75) is 27.7 Å². The van der Waals surface area contributed by atoms with Crippen LogP contribution >= 0.6 is 0 Å². The van der Waals surface area contributed by atoms with Crippen molar-refractivity contribution in [3.63, 3.8) is 0 Å². The van der Waals surface area contributed by atoms with Gasteiger partial charge >= 0.3 is 0 Å². The summed E-state index contributed by atoms with van der Waals surface area (Å²) in [5.41, 5.74) is 6.71. The summed E-state index contributed by atoms with van der Waals surface area (Å²) in [6.45, 7) is 8.10. The summed E-state index contributed by atoms with van der Waals surface area (Å²) in [4.78, 5) is 26.4. The van der Waals surface area contributed by atoms with E-state index in [9.17, 15) is 9.59 Å². The zero-order valence-electron chi connectivity index (χ0n) is 18.6. The van der Waals surface area contributed by atoms with Crippen molar-refractivity contribution >= 4 is 23.4 Å². The Kier molecular flexibility index (Phi) is 6.87. The van der Waals surface area contributed by atoms with E-state index in [4.69, 9.17) is 4.52 Å². The largest absolute Gasteiger partial charge is 0.338 e. The van der Waals surface area contributed by atoms with Gasteiger partial charge in [0.25, 0.3) is 0 Å². The molecular weight excluding hydrogens is 392 g/mol. The van der Waals surface area contributed by atoms with Crippen molar-refractivity contribution in [1.82, 2.24) is 10.1 Å². The van der Waals surface area contributed by atoms with E-state index in [0.717, 1.165) is 33.5 Å². The number of aromatic nitrogens is 1. The Morgan fingerprint density at radius 1 is 0.871 bits per heavy atom. The number of likely N-dealkylation sites (N-methyl/N-ethyl adjacent to an activating group) is 1. The highest BCUT2D eigenvalue weighted by Crippen LogP contribution is 2.23. The van der Waals surface area contributed by atoms with Crippen LogP contribution in [0.2, 0.25) is 0 Å². The Hall–Kier alpha value is -3.45. The molecule has 0 atom stereocenters. The molecule has 2 N–H and O–H groups in total. The summed E-state index contributed by atoms with van der Waals surface area (Å²) in [6, 6.07) is 13.6. The van der Waals surface area contributed by atoms with Gasteiger partial charge in [0, 0.05) is 17.3 Å². The van der Waals surface area contributed by atoms with Gasteiger partial charge in [-0.05, 0) is 45.9 Å². The fourth-order valence-corrected chi connectivity index (χ4v) is 3.47. The molecule has 1 aromatic heterocycles. The average molecular weight is 421 g/mol. The molecule has 0 aliphatic heterocycles. The second-order valence-corrected chi connectivity index (χ2v) is 7.98. The molecule has 0 aliphatic rings. The monoisotopic (exact) mass is 420 g/mol. The highest BCUT2D eigenvalue weighted by Gasteiger charge is 2.15. The minimum atomic E-state index is -0.287. The number of carbonyl (C=O) groups is 2. The molecule has 1 heterocycles. The molecule has 2 amide bonds. The first-order chi connectivity index (χ1) is 14.7. The standard InChI is InChI=1S/C24H28N4O3/c1-15-6-8-19(9-7-15)20-12-23(31-27-20)25-21(29)13-28(5)14-22(30)26-24-17(3)10-16(2)11-18(24)4/h6-12H,13-14H2,1-5H3,(H,25,29)(H,26,30). The molecule has 0 spiro atoms. The van der Waals surface area contributed by atoms with Crippen molar-refractivity contribution in [3.05, 3.63) is 64.7 Å². The molecule has 2 aromatic carbocycles. The van der Waals surface area contributed by atoms with Crippen molar-refractivity contribution < 1.29 is 14.1 Å². The van der Waals surface area contributed by atoms with Gasteiger partial charge in [-0.2, -0.15) is 0 Å². The number of hydrogen-bond donors (Lipinski definition) is 2. The minimum Gasteiger partial charge on any atom is -0.338 e. The van der Waals surface area contributed by atoms with Crippen LogP contribution in [0.4, 0.5) is 11.6 Å². The van der Waals surface area contributed by atoms with E-state index in [2.05, 4.69) is 15.8 Å². The Morgan fingerprint density at radius 2 is 1.45 bits per heavy atom. The molecule has 7 heteroatoms. The Labute approximate surface area is 182 Å². The van der Waals surface area contributed by atoms with E-state index < -0.39 is 0 Å². The number of hydrogen-bond acceptors (Lipinski definition) is 5. The summed E-state index contributed by atoms with van der Waals surface area (Å²) in [6.07, 6.45) is 0. The van der Waals surface area contributed by atoms with Gasteiger partial charge in [0.05, 0.1) is 13.1 Å². The summed E-state index contributed by atoms with van der Waals surface area (Å²) in [5.74, 6) is -0.194. The molecule has 0 saturated carbocycles. The maximum absolute atomic E-state index is 12.4. The smallest absolute Gasteiger partial charge is 0.240 e. The van der Waals surface area contributed by atoms with Crippen molar-refractivity contribution in [3.8, 4) is 11.3 Å². The molecule has 0 aliphatic carbocycles. The number of rotatable bonds is 7. The van der Waals surface area contributed by atoms with Crippen LogP contribution in [0.25, 0.3) is 11.3 Å². The maximum Gasteiger partial charge on any atom is 0.240 e. The van der Waals surface area contributed by atoms with Gasteiger partial charge in [0.15, 0.2) is 0 Å². The molecule has 0 unspecified atom stereocenters. The summed E-state index contributed by atoms with van der Waals surface area (Å²) >= 11 is 0. The lowest BCUT2D eigenvalue weighted by Gasteiger charge is -2.17. The van der Waals surface area contributed by atoms with E-state index in [-0.39, 0.29) is 30.8 Å². The second-order valence-electron chi connectivity index (χ2n) is 7.98. The molecular formula is C24H28N4O3. The molecule has 0 fully saturated rings. The van der Waals surface area contributed by atoms with Crippen LogP contribution in [-0.4, -0.2) is 42.0 Å². The van der Waals surface area contributed by atoms with Crippen molar-refractivity contribution in [2.75, 3.05) is 30.8 Å². The normalized spacial score (nSPS) is 10.9. The van der Waals surface area contributed by atoms with Crippen LogP contribution in [0.1, 0.15) is 22.3 Å². The number of nitrogens with one attached hydrogen (secondary N) is 2. The van der Waals surface area contributed by atoms with Crippen LogP contribution in [0.3, 0.4) is 0 Å². The van der Waals surface area contributed by atoms with Gasteiger partial charge in [-0.3, -0.25) is 19.8 Å². The van der Waals surface area contributed by atoms with Crippen LogP contribution in [0.15, 0.2) is 47.0 Å². The number of aryl methyl sites for hydroxylation is 4. The van der Waals surface area contributed by atoms with Crippen molar-refractivity contribution in [1.29, 1.82) is 0 Å². The van der Waals surface area contributed by atoms with Gasteiger partial charge in [-0.25, -0.2) is 0 Å². The molecule has 0 bridgehead atoms. The molecule has 7 nitrogen and oxygen atoms in total. The molecule has 3 rings (SSSR count). The SMILES string of the molecule is Cc1ccc(-c2cc(NC(=O)CN(C)CC(=O)Nc3c(C)cc(C)cc3C)on2)cc1. The lowest BCUT2D eigenvalue weighted by atomic mass is 10.1. The van der Waals surface area contributed by atoms with Crippen LogP contribution in [0.5, 0.6) is 0 Å². The number of nitrogens with zero attached hydrogens (tertiary/aromatic N) is 2. The number of amides is 2. The Balaban J connectivity index is 1.52. The van der Waals surface area contributed by atoms with E-state index in [1.54, 1.807) is 18.0 Å². The quantitative estimate of drug-likeness (QED) is 0.601. The van der Waals surface area contributed by atoms with Crippen LogP contribution < -0.4 is 10.6 Å². The summed E-state index contributed by atoms with van der Waals surface area (Å²) in [7, 11) is 1.71. The van der Waals surface area contributed by atoms with E-state index >= 15 is 0 Å². The number of benzene rings is 2. The zero-order chi connectivity index (χ0) is 22.5. The van der Waals surface area contributed by atoms with Crippen LogP contribution in [0, 0.1) is 27.7 Å². The van der Waals surface area contributed by atoms with Gasteiger partial charge in [-0.15, -0.1) is 0 Å². The van der Waals surface area contributed by atoms with Crippen molar-refractivity contribution in [2.24, 2.45) is 0 Å². The number of anilines is 2. The third-order valence-corrected chi connectivity index (χ3v) is 4.89. The highest BCUT2D eigenvalue weighted by molar-refractivity contribution is 5.95. The second kappa shape index (κ2) is 9.57. The number of carbonyl (C=O) groups excluding carboxylic acids is 2. The maximum atomic E-state index is 12.4. The topological polar surface area (TPSA) is 87.5 Å². The molecule has 0 saturated heterocycles. The third kappa shape index (κ3) is 6.02. The fraction of sp³-hybridized carbons (Fsp3) is 0.292. The Morgan fingerprint density at radius 3 is 2.06 bits per heavy atom. The first-order valence-corrected chi connectivity index (χ1v) is 10.1.